The summed E-state index contributed by atoms with van der Waals surface area (Å²) < 4.78 is 5.23. The lowest BCUT2D eigenvalue weighted by Crippen LogP contribution is -2.23. The maximum Gasteiger partial charge on any atom is 0.255 e. The van der Waals surface area contributed by atoms with E-state index < -0.39 is 0 Å². The first kappa shape index (κ1) is 16.1. The summed E-state index contributed by atoms with van der Waals surface area (Å²) >= 11 is 0. The van der Waals surface area contributed by atoms with Crippen molar-refractivity contribution in [2.75, 3.05) is 19.0 Å². The highest BCUT2D eigenvalue weighted by Gasteiger charge is 2.20. The fourth-order valence-corrected chi connectivity index (χ4v) is 2.80. The summed E-state index contributed by atoms with van der Waals surface area (Å²) in [6, 6.07) is 14.6. The lowest BCUT2D eigenvalue weighted by Gasteiger charge is -2.15. The molecule has 1 aliphatic rings. The van der Waals surface area contributed by atoms with Gasteiger partial charge in [-0.05, 0) is 36.2 Å². The topological polar surface area (TPSA) is 58.6 Å². The number of nitrogens with zero attached hydrogens (tertiary/aromatic N) is 1. The van der Waals surface area contributed by atoms with E-state index in [1.165, 1.54) is 0 Å². The van der Waals surface area contributed by atoms with E-state index in [1.807, 2.05) is 29.2 Å². The number of para-hydroxylation sites is 2. The molecule has 0 radical (unpaired) electrons. The Bertz CT molecular complexity index is 741. The van der Waals surface area contributed by atoms with E-state index in [4.69, 9.17) is 4.74 Å². The second-order valence-electron chi connectivity index (χ2n) is 5.77. The van der Waals surface area contributed by atoms with Crippen LogP contribution in [-0.4, -0.2) is 30.4 Å². The average Bonchev–Trinajstić information content (AvgIpc) is 3.01. The zero-order valence-corrected chi connectivity index (χ0v) is 13.6. The second kappa shape index (κ2) is 7.17. The van der Waals surface area contributed by atoms with Crippen LogP contribution in [0.4, 0.5) is 5.69 Å². The standard InChI is InChI=1S/C19H20N2O3/c1-24-17-6-3-2-5-16(17)20-19(23)15-10-8-14(9-11-15)13-21-12-4-7-18(21)22/h2-3,5-6,8-11H,4,7,12-13H2,1H3,(H,20,23). The van der Waals surface area contributed by atoms with Crippen molar-refractivity contribution in [3.8, 4) is 5.75 Å². The van der Waals surface area contributed by atoms with E-state index in [1.54, 1.807) is 31.4 Å². The van der Waals surface area contributed by atoms with Crippen molar-refractivity contribution < 1.29 is 14.3 Å². The highest BCUT2D eigenvalue weighted by Crippen LogP contribution is 2.23. The molecule has 0 saturated carbocycles. The van der Waals surface area contributed by atoms with Crippen molar-refractivity contribution in [3.63, 3.8) is 0 Å². The van der Waals surface area contributed by atoms with Gasteiger partial charge in [0.05, 0.1) is 12.8 Å². The lowest BCUT2D eigenvalue weighted by molar-refractivity contribution is -0.128. The molecule has 0 aliphatic carbocycles. The molecule has 0 bridgehead atoms. The molecule has 0 atom stereocenters. The lowest BCUT2D eigenvalue weighted by atomic mass is 10.1. The molecule has 5 nitrogen and oxygen atoms in total. The fourth-order valence-electron chi connectivity index (χ4n) is 2.80. The zero-order valence-electron chi connectivity index (χ0n) is 13.6. The molecule has 124 valence electrons. The van der Waals surface area contributed by atoms with Gasteiger partial charge >= 0.3 is 0 Å². The van der Waals surface area contributed by atoms with Gasteiger partial charge in [-0.2, -0.15) is 0 Å². The normalized spacial score (nSPS) is 13.9. The summed E-state index contributed by atoms with van der Waals surface area (Å²) in [5.41, 5.74) is 2.23. The van der Waals surface area contributed by atoms with Crippen molar-refractivity contribution in [2.24, 2.45) is 0 Å². The minimum Gasteiger partial charge on any atom is -0.495 e. The van der Waals surface area contributed by atoms with E-state index in [2.05, 4.69) is 5.32 Å². The molecule has 1 fully saturated rings. The van der Waals surface area contributed by atoms with E-state index in [-0.39, 0.29) is 11.8 Å². The first-order valence-electron chi connectivity index (χ1n) is 7.98. The van der Waals surface area contributed by atoms with Crippen LogP contribution >= 0.6 is 0 Å². The minimum absolute atomic E-state index is 0.191. The largest absolute Gasteiger partial charge is 0.495 e. The fraction of sp³-hybridized carbons (Fsp3) is 0.263. The van der Waals surface area contributed by atoms with Crippen molar-refractivity contribution in [2.45, 2.75) is 19.4 Å². The van der Waals surface area contributed by atoms with Crippen LogP contribution < -0.4 is 10.1 Å². The molecule has 1 saturated heterocycles. The summed E-state index contributed by atoms with van der Waals surface area (Å²) in [5, 5.41) is 2.85. The van der Waals surface area contributed by atoms with Crippen molar-refractivity contribution in [1.82, 2.24) is 4.90 Å². The molecule has 0 spiro atoms. The first-order valence-corrected chi connectivity index (χ1v) is 7.98. The summed E-state index contributed by atoms with van der Waals surface area (Å²) in [6.45, 7) is 1.42. The smallest absolute Gasteiger partial charge is 0.255 e. The number of anilines is 1. The van der Waals surface area contributed by atoms with Gasteiger partial charge in [-0.15, -0.1) is 0 Å². The zero-order chi connectivity index (χ0) is 16.9. The average molecular weight is 324 g/mol. The third-order valence-electron chi connectivity index (χ3n) is 4.12. The SMILES string of the molecule is COc1ccccc1NC(=O)c1ccc(CN2CCCC2=O)cc1. The molecular formula is C19H20N2O3. The molecule has 0 aromatic heterocycles. The van der Waals surface area contributed by atoms with Gasteiger partial charge in [0.2, 0.25) is 5.91 Å². The predicted molar refractivity (Wildman–Crippen MR) is 92.0 cm³/mol. The molecule has 2 amide bonds. The Hall–Kier alpha value is -2.82. The Kier molecular flexibility index (Phi) is 4.79. The van der Waals surface area contributed by atoms with Crippen LogP contribution in [0.2, 0.25) is 0 Å². The highest BCUT2D eigenvalue weighted by atomic mass is 16.5. The van der Waals surface area contributed by atoms with Gasteiger partial charge < -0.3 is 15.0 Å². The molecular weight excluding hydrogens is 304 g/mol. The van der Waals surface area contributed by atoms with Crippen LogP contribution in [-0.2, 0) is 11.3 Å². The van der Waals surface area contributed by atoms with E-state index in [0.29, 0.717) is 30.0 Å². The second-order valence-corrected chi connectivity index (χ2v) is 5.77. The maximum absolute atomic E-state index is 12.4. The number of likely N-dealkylation sites (tertiary alicyclic amines) is 1. The van der Waals surface area contributed by atoms with Gasteiger partial charge in [0.25, 0.3) is 5.91 Å². The van der Waals surface area contributed by atoms with Gasteiger partial charge in [-0.25, -0.2) is 0 Å². The predicted octanol–water partition coefficient (Wildman–Crippen LogP) is 3.07. The Balaban J connectivity index is 1.66. The van der Waals surface area contributed by atoms with Crippen molar-refractivity contribution in [3.05, 3.63) is 59.7 Å². The minimum atomic E-state index is -0.191. The summed E-state index contributed by atoms with van der Waals surface area (Å²) in [5.74, 6) is 0.631. The molecule has 3 rings (SSSR count). The van der Waals surface area contributed by atoms with E-state index in [0.717, 1.165) is 18.5 Å². The number of hydrogen-bond acceptors (Lipinski definition) is 3. The molecule has 2 aromatic rings. The van der Waals surface area contributed by atoms with Gasteiger partial charge in [-0.1, -0.05) is 24.3 Å². The van der Waals surface area contributed by atoms with Crippen LogP contribution in [0.1, 0.15) is 28.8 Å². The molecule has 1 heterocycles. The number of ether oxygens (including phenoxy) is 1. The molecule has 5 heteroatoms. The monoisotopic (exact) mass is 324 g/mol. The van der Waals surface area contributed by atoms with Crippen LogP contribution in [0.15, 0.2) is 48.5 Å². The van der Waals surface area contributed by atoms with E-state index >= 15 is 0 Å². The number of amides is 2. The molecule has 24 heavy (non-hydrogen) atoms. The highest BCUT2D eigenvalue weighted by molar-refractivity contribution is 6.05. The van der Waals surface area contributed by atoms with Crippen LogP contribution in [0.5, 0.6) is 5.75 Å². The first-order chi connectivity index (χ1) is 11.7. The number of rotatable bonds is 5. The summed E-state index contributed by atoms with van der Waals surface area (Å²) in [6.07, 6.45) is 1.57. The quantitative estimate of drug-likeness (QED) is 0.919. The Morgan fingerprint density at radius 1 is 1.17 bits per heavy atom. The third kappa shape index (κ3) is 3.56. The van der Waals surface area contributed by atoms with Crippen LogP contribution in [0.3, 0.4) is 0 Å². The van der Waals surface area contributed by atoms with Crippen molar-refractivity contribution in [1.29, 1.82) is 0 Å². The van der Waals surface area contributed by atoms with Gasteiger partial charge in [-0.3, -0.25) is 9.59 Å². The Labute approximate surface area is 141 Å². The molecule has 1 aliphatic heterocycles. The number of carbonyl (C=O) groups excluding carboxylic acids is 2. The number of methoxy groups -OCH3 is 1. The van der Waals surface area contributed by atoms with E-state index in [9.17, 15) is 9.59 Å². The van der Waals surface area contributed by atoms with Gasteiger partial charge in [0.15, 0.2) is 0 Å². The maximum atomic E-state index is 12.4. The van der Waals surface area contributed by atoms with Crippen LogP contribution in [0.25, 0.3) is 0 Å². The number of hydrogen-bond donors (Lipinski definition) is 1. The summed E-state index contributed by atoms with van der Waals surface area (Å²) in [4.78, 5) is 25.9. The van der Waals surface area contributed by atoms with Crippen molar-refractivity contribution >= 4 is 17.5 Å². The number of carbonyl (C=O) groups is 2. The molecule has 0 unspecified atom stereocenters. The molecule has 2 aromatic carbocycles. The third-order valence-corrected chi connectivity index (χ3v) is 4.12. The molecule has 1 N–H and O–H groups in total. The number of nitrogens with one attached hydrogen (secondary N) is 1. The summed E-state index contributed by atoms with van der Waals surface area (Å²) in [7, 11) is 1.57. The number of benzene rings is 2. The van der Waals surface area contributed by atoms with Crippen LogP contribution in [0, 0.1) is 0 Å². The Morgan fingerprint density at radius 3 is 2.58 bits per heavy atom. The van der Waals surface area contributed by atoms with Gasteiger partial charge in [0, 0.05) is 25.1 Å². The Morgan fingerprint density at radius 2 is 1.92 bits per heavy atom. The van der Waals surface area contributed by atoms with Gasteiger partial charge in [0.1, 0.15) is 5.75 Å².